The Morgan fingerprint density at radius 1 is 1.36 bits per heavy atom. The first-order valence-electron chi connectivity index (χ1n) is 3.61. The van der Waals surface area contributed by atoms with Crippen LogP contribution in [0, 0.1) is 0 Å². The molecule has 0 saturated carbocycles. The van der Waals surface area contributed by atoms with Gasteiger partial charge in [0.25, 0.3) is 0 Å². The van der Waals surface area contributed by atoms with E-state index in [0.29, 0.717) is 0 Å². The molecular formula is C7H15NO3. The van der Waals surface area contributed by atoms with Crippen LogP contribution in [-0.4, -0.2) is 25.5 Å². The fourth-order valence-corrected chi connectivity index (χ4v) is 0.299. The minimum atomic E-state index is -0.833. The summed E-state index contributed by atoms with van der Waals surface area (Å²) in [6.45, 7) is 5.87. The smallest absolute Gasteiger partial charge is 0.396 e. The van der Waals surface area contributed by atoms with Crippen LogP contribution < -0.4 is 5.32 Å². The molecule has 0 unspecified atom stereocenters. The van der Waals surface area contributed by atoms with Crippen LogP contribution in [-0.2, 0) is 14.3 Å². The highest BCUT2D eigenvalue weighted by Crippen LogP contribution is 1.75. The van der Waals surface area contributed by atoms with Crippen LogP contribution in [0.3, 0.4) is 0 Å². The molecule has 0 bridgehead atoms. The van der Waals surface area contributed by atoms with Gasteiger partial charge in [-0.1, -0.05) is 13.8 Å². The molecule has 11 heavy (non-hydrogen) atoms. The third-order valence-corrected chi connectivity index (χ3v) is 0.688. The topological polar surface area (TPSA) is 55.4 Å². The lowest BCUT2D eigenvalue weighted by molar-refractivity contribution is -0.154. The molecular weight excluding hydrogens is 146 g/mol. The Hall–Kier alpha value is -1.06. The van der Waals surface area contributed by atoms with E-state index in [1.165, 1.54) is 7.05 Å². The highest BCUT2D eigenvalue weighted by Gasteiger charge is 2.10. The maximum absolute atomic E-state index is 10.3. The summed E-state index contributed by atoms with van der Waals surface area (Å²) in [5.41, 5.74) is 0. The van der Waals surface area contributed by atoms with Crippen molar-refractivity contribution in [3.63, 3.8) is 0 Å². The Balaban J connectivity index is 0. The zero-order valence-electron chi connectivity index (χ0n) is 7.43. The van der Waals surface area contributed by atoms with Gasteiger partial charge in [0.2, 0.25) is 0 Å². The number of esters is 1. The zero-order valence-corrected chi connectivity index (χ0v) is 7.43. The molecule has 4 heteroatoms. The van der Waals surface area contributed by atoms with E-state index in [9.17, 15) is 9.59 Å². The lowest BCUT2D eigenvalue weighted by Crippen LogP contribution is -2.29. The van der Waals surface area contributed by atoms with Crippen molar-refractivity contribution in [1.29, 1.82) is 0 Å². The molecule has 66 valence electrons. The summed E-state index contributed by atoms with van der Waals surface area (Å²) in [5, 5.41) is 2.14. The van der Waals surface area contributed by atoms with Gasteiger partial charge in [-0.15, -0.1) is 0 Å². The van der Waals surface area contributed by atoms with Crippen molar-refractivity contribution in [2.24, 2.45) is 0 Å². The fraction of sp³-hybridized carbons (Fsp3) is 0.714. The first kappa shape index (κ1) is 12.6. The first-order chi connectivity index (χ1) is 5.22. The molecule has 0 saturated heterocycles. The van der Waals surface area contributed by atoms with Crippen molar-refractivity contribution in [3.8, 4) is 0 Å². The fourth-order valence-electron chi connectivity index (χ4n) is 0.299. The molecule has 4 nitrogen and oxygen atoms in total. The number of likely N-dealkylation sites (N-methyl/N-ethyl adjacent to an activating group) is 1. The van der Waals surface area contributed by atoms with Crippen LogP contribution in [0.2, 0.25) is 0 Å². The number of rotatable bonds is 1. The van der Waals surface area contributed by atoms with Crippen molar-refractivity contribution in [2.75, 3.05) is 13.7 Å². The third-order valence-electron chi connectivity index (χ3n) is 0.688. The van der Waals surface area contributed by atoms with Crippen LogP contribution in [0.5, 0.6) is 0 Å². The van der Waals surface area contributed by atoms with Crippen LogP contribution >= 0.6 is 0 Å². The van der Waals surface area contributed by atoms with Gasteiger partial charge in [0.15, 0.2) is 0 Å². The lowest BCUT2D eigenvalue weighted by atomic mass is 10.6. The second kappa shape index (κ2) is 8.94. The van der Waals surface area contributed by atoms with E-state index in [2.05, 4.69) is 10.1 Å². The van der Waals surface area contributed by atoms with Crippen LogP contribution in [0.1, 0.15) is 20.8 Å². The summed E-state index contributed by atoms with van der Waals surface area (Å²) >= 11 is 0. The summed E-state index contributed by atoms with van der Waals surface area (Å²) < 4.78 is 4.34. The molecule has 0 radical (unpaired) electrons. The maximum Gasteiger partial charge on any atom is 0.396 e. The van der Waals surface area contributed by atoms with Gasteiger partial charge in [0.1, 0.15) is 0 Å². The van der Waals surface area contributed by atoms with E-state index in [1.807, 2.05) is 13.8 Å². The Morgan fingerprint density at radius 2 is 1.82 bits per heavy atom. The molecule has 1 N–H and O–H groups in total. The average molecular weight is 161 g/mol. The number of carbonyl (C=O) groups excluding carboxylic acids is 2. The molecule has 0 atom stereocenters. The summed E-state index contributed by atoms with van der Waals surface area (Å²) in [7, 11) is 1.37. The van der Waals surface area contributed by atoms with E-state index in [4.69, 9.17) is 0 Å². The van der Waals surface area contributed by atoms with Gasteiger partial charge in [0, 0.05) is 7.05 Å². The van der Waals surface area contributed by atoms with Crippen molar-refractivity contribution >= 4 is 11.9 Å². The predicted molar refractivity (Wildman–Crippen MR) is 42.0 cm³/mol. The second-order valence-electron chi connectivity index (χ2n) is 1.30. The molecule has 0 aromatic heterocycles. The van der Waals surface area contributed by atoms with Crippen LogP contribution in [0.4, 0.5) is 0 Å². The number of nitrogens with one attached hydrogen (secondary N) is 1. The second-order valence-corrected chi connectivity index (χ2v) is 1.30. The maximum atomic E-state index is 10.3. The molecule has 0 heterocycles. The monoisotopic (exact) mass is 161 g/mol. The average Bonchev–Trinajstić information content (AvgIpc) is 2.07. The number of carbonyl (C=O) groups is 2. The van der Waals surface area contributed by atoms with Gasteiger partial charge in [0.05, 0.1) is 6.61 Å². The Bertz CT molecular complexity index is 123. The van der Waals surface area contributed by atoms with Crippen molar-refractivity contribution < 1.29 is 14.3 Å². The van der Waals surface area contributed by atoms with E-state index in [1.54, 1.807) is 6.92 Å². The molecule has 0 rings (SSSR count). The van der Waals surface area contributed by atoms with Crippen molar-refractivity contribution in [1.82, 2.24) is 5.32 Å². The van der Waals surface area contributed by atoms with Gasteiger partial charge < -0.3 is 10.1 Å². The van der Waals surface area contributed by atoms with E-state index >= 15 is 0 Å². The zero-order chi connectivity index (χ0) is 9.28. The molecule has 0 aliphatic carbocycles. The van der Waals surface area contributed by atoms with Gasteiger partial charge >= 0.3 is 11.9 Å². The van der Waals surface area contributed by atoms with Gasteiger partial charge in [-0.05, 0) is 6.92 Å². The highest BCUT2D eigenvalue weighted by molar-refractivity contribution is 6.32. The minimum Gasteiger partial charge on any atom is -0.459 e. The number of hydrogen-bond donors (Lipinski definition) is 1. The summed E-state index contributed by atoms with van der Waals surface area (Å²) in [6, 6.07) is 0. The van der Waals surface area contributed by atoms with Gasteiger partial charge in [-0.3, -0.25) is 4.79 Å². The number of amides is 1. The molecule has 0 aromatic rings. The normalized spacial score (nSPS) is 7.27. The third kappa shape index (κ3) is 6.83. The molecule has 0 spiro atoms. The van der Waals surface area contributed by atoms with Crippen LogP contribution in [0.25, 0.3) is 0 Å². The highest BCUT2D eigenvalue weighted by atomic mass is 16.5. The molecule has 0 fully saturated rings. The molecule has 0 aliphatic heterocycles. The minimum absolute atomic E-state index is 0.228. The van der Waals surface area contributed by atoms with Crippen LogP contribution in [0.15, 0.2) is 0 Å². The van der Waals surface area contributed by atoms with E-state index in [0.717, 1.165) is 0 Å². The predicted octanol–water partition coefficient (Wildman–Crippen LogP) is 0.322. The Morgan fingerprint density at radius 3 is 2.09 bits per heavy atom. The standard InChI is InChI=1S/C5H9NO3.C2H6/c1-3-9-5(8)4(7)6-2;1-2/h3H2,1-2H3,(H,6,7);1-2H3. The molecule has 1 amide bonds. The SMILES string of the molecule is CC.CCOC(=O)C(=O)NC. The number of hydrogen-bond acceptors (Lipinski definition) is 3. The van der Waals surface area contributed by atoms with Gasteiger partial charge in [-0.2, -0.15) is 0 Å². The van der Waals surface area contributed by atoms with E-state index < -0.39 is 11.9 Å². The summed E-state index contributed by atoms with van der Waals surface area (Å²) in [6.07, 6.45) is 0. The Labute approximate surface area is 66.9 Å². The van der Waals surface area contributed by atoms with Gasteiger partial charge in [-0.25, -0.2) is 4.79 Å². The van der Waals surface area contributed by atoms with E-state index in [-0.39, 0.29) is 6.61 Å². The lowest BCUT2D eigenvalue weighted by Gasteiger charge is -1.97. The van der Waals surface area contributed by atoms with Crippen molar-refractivity contribution in [2.45, 2.75) is 20.8 Å². The number of ether oxygens (including phenoxy) is 1. The first-order valence-corrected chi connectivity index (χ1v) is 3.61. The quantitative estimate of drug-likeness (QED) is 0.445. The molecule has 0 aromatic carbocycles. The Kier molecular flexibility index (Phi) is 10.2. The summed E-state index contributed by atoms with van der Waals surface area (Å²) in [5.74, 6) is -1.54. The largest absolute Gasteiger partial charge is 0.459 e. The summed E-state index contributed by atoms with van der Waals surface area (Å²) in [4.78, 5) is 20.7. The van der Waals surface area contributed by atoms with Crippen molar-refractivity contribution in [3.05, 3.63) is 0 Å². The molecule has 0 aliphatic rings.